The van der Waals surface area contributed by atoms with Crippen LogP contribution in [0.1, 0.15) is 28.3 Å². The molecule has 0 amide bonds. The maximum atomic E-state index is 9.07. The Balaban J connectivity index is 2.72. The minimum absolute atomic E-state index is 0.432. The lowest BCUT2D eigenvalue weighted by atomic mass is 10.2. The molecule has 0 aliphatic carbocycles. The van der Waals surface area contributed by atoms with Gasteiger partial charge in [-0.25, -0.2) is 14.6 Å². The summed E-state index contributed by atoms with van der Waals surface area (Å²) in [5, 5.41) is 13.5. The molecule has 2 aromatic rings. The topological polar surface area (TPSA) is 67.4 Å². The highest BCUT2D eigenvalue weighted by atomic mass is 15.3. The molecule has 0 atom stereocenters. The van der Waals surface area contributed by atoms with E-state index in [1.807, 2.05) is 20.8 Å². The van der Waals surface area contributed by atoms with Crippen LogP contribution in [0, 0.1) is 39.0 Å². The molecule has 0 fully saturated rings. The van der Waals surface area contributed by atoms with Gasteiger partial charge in [0, 0.05) is 5.69 Å². The van der Waals surface area contributed by atoms with E-state index < -0.39 is 0 Å². The second-order valence-electron chi connectivity index (χ2n) is 3.97. The summed E-state index contributed by atoms with van der Waals surface area (Å²) in [6, 6.07) is 2.09. The van der Waals surface area contributed by atoms with Gasteiger partial charge < -0.3 is 0 Å². The molecule has 86 valence electrons. The van der Waals surface area contributed by atoms with Crippen LogP contribution in [0.4, 0.5) is 0 Å². The van der Waals surface area contributed by atoms with Crippen LogP contribution >= 0.6 is 0 Å². The molecule has 5 heteroatoms. The van der Waals surface area contributed by atoms with E-state index in [2.05, 4.69) is 21.1 Å². The zero-order valence-electron chi connectivity index (χ0n) is 10.3. The van der Waals surface area contributed by atoms with Gasteiger partial charge >= 0.3 is 0 Å². The van der Waals surface area contributed by atoms with Crippen LogP contribution in [0.5, 0.6) is 0 Å². The van der Waals surface area contributed by atoms with Crippen LogP contribution in [0.25, 0.3) is 5.82 Å². The number of rotatable bonds is 1. The molecule has 0 aliphatic rings. The fraction of sp³-hybridized carbons (Fsp3) is 0.333. The summed E-state index contributed by atoms with van der Waals surface area (Å²) in [7, 11) is 0. The molecule has 0 saturated carbocycles. The predicted molar refractivity (Wildman–Crippen MR) is 62.8 cm³/mol. The number of hydrogen-bond acceptors (Lipinski definition) is 4. The minimum Gasteiger partial charge on any atom is -0.240 e. The highest BCUT2D eigenvalue weighted by molar-refractivity contribution is 5.43. The van der Waals surface area contributed by atoms with Gasteiger partial charge in [0.05, 0.1) is 11.9 Å². The van der Waals surface area contributed by atoms with E-state index in [4.69, 9.17) is 5.26 Å². The first-order chi connectivity index (χ1) is 8.04. The molecule has 0 N–H and O–H groups in total. The Morgan fingerprint density at radius 3 is 2.47 bits per heavy atom. The van der Waals surface area contributed by atoms with Gasteiger partial charge in [0.1, 0.15) is 17.5 Å². The molecule has 2 aromatic heterocycles. The Hall–Kier alpha value is -2.22. The van der Waals surface area contributed by atoms with Crippen molar-refractivity contribution in [1.29, 1.82) is 5.26 Å². The van der Waals surface area contributed by atoms with Crippen molar-refractivity contribution in [2.45, 2.75) is 27.7 Å². The summed E-state index contributed by atoms with van der Waals surface area (Å²) in [5.41, 5.74) is 3.49. The highest BCUT2D eigenvalue weighted by Crippen LogP contribution is 2.17. The van der Waals surface area contributed by atoms with E-state index in [-0.39, 0.29) is 0 Å². The van der Waals surface area contributed by atoms with Crippen LogP contribution in [0.3, 0.4) is 0 Å². The standard InChI is InChI=1S/C12H13N5/c1-7-8(2)16-17(9(7)3)12-11(5-13)6-14-10(4)15-12/h6H,1-4H3. The summed E-state index contributed by atoms with van der Waals surface area (Å²) < 4.78 is 1.71. The van der Waals surface area contributed by atoms with Crippen molar-refractivity contribution in [3.05, 3.63) is 34.5 Å². The fourth-order valence-electron chi connectivity index (χ4n) is 1.63. The zero-order chi connectivity index (χ0) is 12.6. The van der Waals surface area contributed by atoms with Crippen molar-refractivity contribution in [3.63, 3.8) is 0 Å². The average molecular weight is 227 g/mol. The number of nitrogens with zero attached hydrogens (tertiary/aromatic N) is 5. The van der Waals surface area contributed by atoms with Crippen LogP contribution < -0.4 is 0 Å². The van der Waals surface area contributed by atoms with Crippen LogP contribution in [-0.2, 0) is 0 Å². The van der Waals surface area contributed by atoms with Gasteiger partial charge in [-0.1, -0.05) is 0 Å². The van der Waals surface area contributed by atoms with Crippen molar-refractivity contribution in [2.24, 2.45) is 0 Å². The molecule has 2 heterocycles. The normalized spacial score (nSPS) is 10.3. The second kappa shape index (κ2) is 3.98. The monoisotopic (exact) mass is 227 g/mol. The van der Waals surface area contributed by atoms with Crippen molar-refractivity contribution < 1.29 is 0 Å². The maximum absolute atomic E-state index is 9.07. The molecule has 0 bridgehead atoms. The van der Waals surface area contributed by atoms with Gasteiger partial charge in [-0.05, 0) is 33.3 Å². The Labute approximate surface area is 99.8 Å². The van der Waals surface area contributed by atoms with Gasteiger partial charge in [-0.2, -0.15) is 10.4 Å². The number of aromatic nitrogens is 4. The third kappa shape index (κ3) is 1.78. The van der Waals surface area contributed by atoms with Crippen LogP contribution in [-0.4, -0.2) is 19.7 Å². The van der Waals surface area contributed by atoms with Crippen molar-refractivity contribution in [1.82, 2.24) is 19.7 Å². The Bertz CT molecular complexity index is 619. The van der Waals surface area contributed by atoms with Gasteiger partial charge in [-0.3, -0.25) is 0 Å². The summed E-state index contributed by atoms with van der Waals surface area (Å²) in [5.74, 6) is 1.18. The first kappa shape index (κ1) is 11.3. The van der Waals surface area contributed by atoms with E-state index in [9.17, 15) is 0 Å². The molecule has 0 saturated heterocycles. The number of aryl methyl sites for hydroxylation is 2. The zero-order valence-corrected chi connectivity index (χ0v) is 10.3. The molecule has 0 radical (unpaired) electrons. The molecule has 0 spiro atoms. The lowest BCUT2D eigenvalue weighted by Crippen LogP contribution is -2.07. The van der Waals surface area contributed by atoms with Gasteiger partial charge in [0.15, 0.2) is 5.82 Å². The van der Waals surface area contributed by atoms with E-state index in [1.165, 1.54) is 6.20 Å². The molecule has 0 aromatic carbocycles. The van der Waals surface area contributed by atoms with Crippen LogP contribution in [0.2, 0.25) is 0 Å². The van der Waals surface area contributed by atoms with E-state index in [1.54, 1.807) is 11.6 Å². The fourth-order valence-corrected chi connectivity index (χ4v) is 1.63. The SMILES string of the molecule is Cc1ncc(C#N)c(-n2nc(C)c(C)c2C)n1. The Kier molecular flexibility index (Phi) is 2.64. The average Bonchev–Trinajstić information content (AvgIpc) is 2.57. The molecule has 5 nitrogen and oxygen atoms in total. The smallest absolute Gasteiger partial charge is 0.175 e. The summed E-state index contributed by atoms with van der Waals surface area (Å²) in [6.07, 6.45) is 1.53. The quantitative estimate of drug-likeness (QED) is 0.744. The molecule has 17 heavy (non-hydrogen) atoms. The highest BCUT2D eigenvalue weighted by Gasteiger charge is 2.14. The van der Waals surface area contributed by atoms with Crippen molar-refractivity contribution in [3.8, 4) is 11.9 Å². The molecule has 0 unspecified atom stereocenters. The molecular formula is C12H13N5. The minimum atomic E-state index is 0.432. The Morgan fingerprint density at radius 1 is 1.24 bits per heavy atom. The molecular weight excluding hydrogens is 214 g/mol. The van der Waals surface area contributed by atoms with Crippen LogP contribution in [0.15, 0.2) is 6.20 Å². The summed E-state index contributed by atoms with van der Waals surface area (Å²) in [6.45, 7) is 7.71. The largest absolute Gasteiger partial charge is 0.240 e. The van der Waals surface area contributed by atoms with Crippen molar-refractivity contribution in [2.75, 3.05) is 0 Å². The third-order valence-corrected chi connectivity index (χ3v) is 2.86. The number of hydrogen-bond donors (Lipinski definition) is 0. The van der Waals surface area contributed by atoms with E-state index in [0.717, 1.165) is 17.0 Å². The number of nitriles is 1. The predicted octanol–water partition coefficient (Wildman–Crippen LogP) is 1.77. The lowest BCUT2D eigenvalue weighted by Gasteiger charge is -2.05. The van der Waals surface area contributed by atoms with Gasteiger partial charge in [0.2, 0.25) is 0 Å². The maximum Gasteiger partial charge on any atom is 0.175 e. The Morgan fingerprint density at radius 2 is 1.94 bits per heavy atom. The molecule has 0 aliphatic heterocycles. The summed E-state index contributed by atoms with van der Waals surface area (Å²) in [4.78, 5) is 8.32. The van der Waals surface area contributed by atoms with Gasteiger partial charge in [-0.15, -0.1) is 0 Å². The third-order valence-electron chi connectivity index (χ3n) is 2.86. The lowest BCUT2D eigenvalue weighted by molar-refractivity contribution is 0.789. The van der Waals surface area contributed by atoms with E-state index >= 15 is 0 Å². The van der Waals surface area contributed by atoms with Crippen molar-refractivity contribution >= 4 is 0 Å². The van der Waals surface area contributed by atoms with Gasteiger partial charge in [0.25, 0.3) is 0 Å². The first-order valence-electron chi connectivity index (χ1n) is 5.31. The molecule has 2 rings (SSSR count). The summed E-state index contributed by atoms with van der Waals surface area (Å²) >= 11 is 0. The first-order valence-corrected chi connectivity index (χ1v) is 5.31. The second-order valence-corrected chi connectivity index (χ2v) is 3.97. The van der Waals surface area contributed by atoms with E-state index in [0.29, 0.717) is 17.2 Å².